The minimum atomic E-state index is -0.451. The van der Waals surface area contributed by atoms with E-state index >= 15 is 0 Å². The fraction of sp³-hybridized carbons (Fsp3) is 0.393. The lowest BCUT2D eigenvalue weighted by atomic mass is 9.84. The molecule has 3 aromatic rings. The number of benzene rings is 2. The van der Waals surface area contributed by atoms with Crippen molar-refractivity contribution in [2.75, 3.05) is 13.7 Å². The van der Waals surface area contributed by atoms with Crippen LogP contribution in [-0.2, 0) is 11.2 Å². The number of carbonyl (C=O) groups is 2. The van der Waals surface area contributed by atoms with Crippen LogP contribution >= 0.6 is 0 Å². The van der Waals surface area contributed by atoms with Gasteiger partial charge in [0.25, 0.3) is 5.91 Å². The summed E-state index contributed by atoms with van der Waals surface area (Å²) < 4.78 is 7.29. The third kappa shape index (κ3) is 4.81. The van der Waals surface area contributed by atoms with Gasteiger partial charge >= 0.3 is 0 Å². The van der Waals surface area contributed by atoms with Crippen molar-refractivity contribution in [3.05, 3.63) is 78.1 Å². The first-order chi connectivity index (χ1) is 17.2. The van der Waals surface area contributed by atoms with Gasteiger partial charge in [-0.3, -0.25) is 9.59 Å². The van der Waals surface area contributed by atoms with Gasteiger partial charge in [-0.2, -0.15) is 5.10 Å². The van der Waals surface area contributed by atoms with Crippen LogP contribution in [-0.4, -0.2) is 52.2 Å². The van der Waals surface area contributed by atoms with Crippen LogP contribution in [0.1, 0.15) is 48.0 Å². The van der Waals surface area contributed by atoms with E-state index in [1.165, 1.54) is 0 Å². The highest BCUT2D eigenvalue weighted by Crippen LogP contribution is 2.41. The molecule has 1 aliphatic carbocycles. The average Bonchev–Trinajstić information content (AvgIpc) is 3.54. The van der Waals surface area contributed by atoms with Crippen LogP contribution in [0.5, 0.6) is 5.75 Å². The number of ether oxygens (including phenoxy) is 1. The van der Waals surface area contributed by atoms with Gasteiger partial charge in [-0.15, -0.1) is 0 Å². The maximum Gasteiger partial charge on any atom is 0.258 e. The Morgan fingerprint density at radius 2 is 1.83 bits per heavy atom. The molecule has 1 N–H and O–H groups in total. The highest BCUT2D eigenvalue weighted by molar-refractivity contribution is 6.00. The number of likely N-dealkylation sites (tertiary alicyclic amines) is 1. The van der Waals surface area contributed by atoms with Crippen LogP contribution in [0.3, 0.4) is 0 Å². The molecule has 0 bridgehead atoms. The molecule has 5 rings (SSSR count). The fourth-order valence-corrected chi connectivity index (χ4v) is 5.61. The van der Waals surface area contributed by atoms with Crippen molar-refractivity contribution in [1.29, 1.82) is 0 Å². The Labute approximate surface area is 206 Å². The molecule has 0 spiro atoms. The van der Waals surface area contributed by atoms with Crippen LogP contribution < -0.4 is 10.1 Å². The Morgan fingerprint density at radius 3 is 2.66 bits per heavy atom. The minimum absolute atomic E-state index is 0.0712. The lowest BCUT2D eigenvalue weighted by Crippen LogP contribution is -2.49. The summed E-state index contributed by atoms with van der Waals surface area (Å²) in [5.41, 5.74) is 2.57. The number of methoxy groups -OCH3 is 1. The molecule has 1 saturated heterocycles. The first-order valence-electron chi connectivity index (χ1n) is 12.5. The van der Waals surface area contributed by atoms with Gasteiger partial charge in [-0.1, -0.05) is 43.2 Å². The smallest absolute Gasteiger partial charge is 0.258 e. The lowest BCUT2D eigenvalue weighted by molar-refractivity contribution is -0.125. The maximum atomic E-state index is 13.7. The Bertz CT molecular complexity index is 1180. The van der Waals surface area contributed by atoms with Crippen LogP contribution in [0.25, 0.3) is 5.69 Å². The Morgan fingerprint density at radius 1 is 1.06 bits per heavy atom. The number of para-hydroxylation sites is 2. The standard InChI is InChI=1S/C28H32N4O3/c1-35-26-14-8-6-12-23(26)28(34)32-24-13-7-5-9-21(24)17-25(32)27(33)29-16-15-20-18-30-31(19-20)22-10-3-2-4-11-22/h2-4,6,8,10-12,14,18-19,21,24-25H,5,7,9,13,15-17H2,1H3,(H,29,33). The van der Waals surface area contributed by atoms with Crippen LogP contribution in [0.15, 0.2) is 67.0 Å². The molecule has 7 nitrogen and oxygen atoms in total. The van der Waals surface area contributed by atoms with E-state index in [0.29, 0.717) is 30.2 Å². The van der Waals surface area contributed by atoms with Crippen molar-refractivity contribution in [3.63, 3.8) is 0 Å². The zero-order valence-corrected chi connectivity index (χ0v) is 20.1. The van der Waals surface area contributed by atoms with Crippen molar-refractivity contribution >= 4 is 11.8 Å². The Balaban J connectivity index is 1.27. The summed E-state index contributed by atoms with van der Waals surface area (Å²) in [6.45, 7) is 0.502. The third-order valence-corrected chi connectivity index (χ3v) is 7.33. The fourth-order valence-electron chi connectivity index (χ4n) is 5.61. The molecule has 3 unspecified atom stereocenters. The molecular formula is C28H32N4O3. The van der Waals surface area contributed by atoms with Gasteiger partial charge in [0.1, 0.15) is 11.8 Å². The predicted octanol–water partition coefficient (Wildman–Crippen LogP) is 4.01. The van der Waals surface area contributed by atoms with E-state index < -0.39 is 6.04 Å². The summed E-state index contributed by atoms with van der Waals surface area (Å²) >= 11 is 0. The monoisotopic (exact) mass is 472 g/mol. The molecular weight excluding hydrogens is 440 g/mol. The number of amides is 2. The second-order valence-corrected chi connectivity index (χ2v) is 9.45. The topological polar surface area (TPSA) is 76.5 Å². The van der Waals surface area contributed by atoms with Gasteiger partial charge < -0.3 is 15.0 Å². The molecule has 182 valence electrons. The minimum Gasteiger partial charge on any atom is -0.496 e. The van der Waals surface area contributed by atoms with Gasteiger partial charge in [0, 0.05) is 18.8 Å². The Hall–Kier alpha value is -3.61. The van der Waals surface area contributed by atoms with Crippen LogP contribution in [0.4, 0.5) is 0 Å². The number of aromatic nitrogens is 2. The quantitative estimate of drug-likeness (QED) is 0.564. The summed E-state index contributed by atoms with van der Waals surface area (Å²) in [7, 11) is 1.57. The van der Waals surface area contributed by atoms with Gasteiger partial charge in [-0.05, 0) is 61.4 Å². The molecule has 2 aliphatic rings. The van der Waals surface area contributed by atoms with E-state index in [2.05, 4.69) is 10.4 Å². The number of nitrogens with zero attached hydrogens (tertiary/aromatic N) is 3. The van der Waals surface area contributed by atoms with Crippen LogP contribution in [0.2, 0.25) is 0 Å². The van der Waals surface area contributed by atoms with Gasteiger partial charge in [0.05, 0.1) is 24.6 Å². The molecule has 2 aromatic carbocycles. The number of carbonyl (C=O) groups excluding carboxylic acids is 2. The van der Waals surface area contributed by atoms with Crippen molar-refractivity contribution in [2.45, 2.75) is 50.6 Å². The molecule has 3 atom stereocenters. The number of hydrogen-bond donors (Lipinski definition) is 1. The van der Waals surface area contributed by atoms with Crippen molar-refractivity contribution in [2.24, 2.45) is 5.92 Å². The van der Waals surface area contributed by atoms with Gasteiger partial charge in [0.2, 0.25) is 5.91 Å². The zero-order valence-electron chi connectivity index (χ0n) is 20.1. The van der Waals surface area contributed by atoms with E-state index in [-0.39, 0.29) is 17.9 Å². The van der Waals surface area contributed by atoms with E-state index in [4.69, 9.17) is 4.74 Å². The molecule has 2 heterocycles. The maximum absolute atomic E-state index is 13.7. The first-order valence-corrected chi connectivity index (χ1v) is 12.5. The van der Waals surface area contributed by atoms with Gasteiger partial charge in [-0.25, -0.2) is 4.68 Å². The van der Waals surface area contributed by atoms with E-state index in [1.807, 2.05) is 64.4 Å². The number of rotatable bonds is 7. The molecule has 35 heavy (non-hydrogen) atoms. The van der Waals surface area contributed by atoms with E-state index in [9.17, 15) is 9.59 Å². The lowest BCUT2D eigenvalue weighted by Gasteiger charge is -2.34. The molecule has 2 fully saturated rings. The molecule has 2 amide bonds. The Kier molecular flexibility index (Phi) is 6.84. The second kappa shape index (κ2) is 10.3. The van der Waals surface area contributed by atoms with E-state index in [1.54, 1.807) is 19.2 Å². The van der Waals surface area contributed by atoms with Crippen molar-refractivity contribution < 1.29 is 14.3 Å². The number of hydrogen-bond acceptors (Lipinski definition) is 4. The molecule has 0 radical (unpaired) electrons. The highest BCUT2D eigenvalue weighted by atomic mass is 16.5. The summed E-state index contributed by atoms with van der Waals surface area (Å²) in [6.07, 6.45) is 9.51. The largest absolute Gasteiger partial charge is 0.496 e. The summed E-state index contributed by atoms with van der Waals surface area (Å²) in [5.74, 6) is 0.743. The average molecular weight is 473 g/mol. The number of fused-ring (bicyclic) bond motifs is 1. The summed E-state index contributed by atoms with van der Waals surface area (Å²) in [6, 6.07) is 16.9. The first kappa shape index (κ1) is 23.1. The molecule has 1 aromatic heterocycles. The summed E-state index contributed by atoms with van der Waals surface area (Å²) in [4.78, 5) is 28.9. The van der Waals surface area contributed by atoms with Crippen molar-refractivity contribution in [3.8, 4) is 11.4 Å². The third-order valence-electron chi connectivity index (χ3n) is 7.33. The van der Waals surface area contributed by atoms with Crippen LogP contribution in [0, 0.1) is 5.92 Å². The molecule has 1 saturated carbocycles. The van der Waals surface area contributed by atoms with Crippen molar-refractivity contribution in [1.82, 2.24) is 20.0 Å². The van der Waals surface area contributed by atoms with Gasteiger partial charge in [0.15, 0.2) is 0 Å². The van der Waals surface area contributed by atoms with E-state index in [0.717, 1.165) is 43.4 Å². The predicted molar refractivity (Wildman–Crippen MR) is 134 cm³/mol. The SMILES string of the molecule is COc1ccccc1C(=O)N1C(C(=O)NCCc2cnn(-c3ccccc3)c2)CC2CCCCC21. The summed E-state index contributed by atoms with van der Waals surface area (Å²) in [5, 5.41) is 7.53. The highest BCUT2D eigenvalue weighted by Gasteiger charge is 2.47. The number of nitrogens with one attached hydrogen (secondary N) is 1. The molecule has 1 aliphatic heterocycles. The molecule has 7 heteroatoms. The second-order valence-electron chi connectivity index (χ2n) is 9.45. The normalized spacial score (nSPS) is 21.4. The zero-order chi connectivity index (χ0) is 24.2.